The SMILES string of the molecule is COCC(=O)N(c1c(C)cccc1[N+](=O)[O-])[C@@H](CCO)C(=O)O. The molecule has 0 aliphatic rings. The number of ether oxygens (including phenoxy) is 1. The van der Waals surface area contributed by atoms with Crippen LogP contribution in [0, 0.1) is 17.0 Å². The molecule has 9 nitrogen and oxygen atoms in total. The number of hydrogen-bond acceptors (Lipinski definition) is 6. The summed E-state index contributed by atoms with van der Waals surface area (Å²) in [5.41, 5.74) is -0.133. The molecule has 0 aliphatic heterocycles. The Morgan fingerprint density at radius 2 is 2.09 bits per heavy atom. The highest BCUT2D eigenvalue weighted by Gasteiger charge is 2.35. The van der Waals surface area contributed by atoms with Gasteiger partial charge in [0.05, 0.1) is 4.92 Å². The van der Waals surface area contributed by atoms with Crippen LogP contribution in [0.25, 0.3) is 0 Å². The summed E-state index contributed by atoms with van der Waals surface area (Å²) in [6.07, 6.45) is -0.268. The molecule has 126 valence electrons. The van der Waals surface area contributed by atoms with Crippen LogP contribution in [0.5, 0.6) is 0 Å². The normalized spacial score (nSPS) is 11.8. The zero-order valence-corrected chi connectivity index (χ0v) is 12.8. The molecule has 2 N–H and O–H groups in total. The average molecular weight is 326 g/mol. The van der Waals surface area contributed by atoms with Gasteiger partial charge in [-0.25, -0.2) is 4.79 Å². The molecule has 1 amide bonds. The van der Waals surface area contributed by atoms with Crippen molar-refractivity contribution in [2.75, 3.05) is 25.2 Å². The summed E-state index contributed by atoms with van der Waals surface area (Å²) >= 11 is 0. The van der Waals surface area contributed by atoms with E-state index in [1.54, 1.807) is 0 Å². The van der Waals surface area contributed by atoms with Crippen molar-refractivity contribution in [3.05, 3.63) is 33.9 Å². The predicted molar refractivity (Wildman–Crippen MR) is 80.3 cm³/mol. The lowest BCUT2D eigenvalue weighted by Gasteiger charge is -2.29. The van der Waals surface area contributed by atoms with Gasteiger partial charge in [-0.1, -0.05) is 12.1 Å². The van der Waals surface area contributed by atoms with Crippen LogP contribution in [-0.4, -0.2) is 53.4 Å². The fraction of sp³-hybridized carbons (Fsp3) is 0.429. The lowest BCUT2D eigenvalue weighted by Crippen LogP contribution is -2.48. The zero-order valence-electron chi connectivity index (χ0n) is 12.8. The third kappa shape index (κ3) is 4.24. The van der Waals surface area contributed by atoms with Crippen LogP contribution in [0.4, 0.5) is 11.4 Å². The molecule has 0 radical (unpaired) electrons. The molecule has 0 spiro atoms. The van der Waals surface area contributed by atoms with Crippen LogP contribution in [0.15, 0.2) is 18.2 Å². The molecule has 1 rings (SSSR count). The van der Waals surface area contributed by atoms with Gasteiger partial charge in [0.1, 0.15) is 18.3 Å². The van der Waals surface area contributed by atoms with E-state index in [0.717, 1.165) is 4.90 Å². The average Bonchev–Trinajstić information content (AvgIpc) is 2.47. The van der Waals surface area contributed by atoms with Gasteiger partial charge in [0.15, 0.2) is 0 Å². The summed E-state index contributed by atoms with van der Waals surface area (Å²) in [5, 5.41) is 29.7. The highest BCUT2D eigenvalue weighted by molar-refractivity contribution is 6.02. The Morgan fingerprint density at radius 3 is 2.57 bits per heavy atom. The monoisotopic (exact) mass is 326 g/mol. The quantitative estimate of drug-likeness (QED) is 0.531. The number of carbonyl (C=O) groups excluding carboxylic acids is 1. The Balaban J connectivity index is 3.55. The second-order valence-electron chi connectivity index (χ2n) is 4.76. The van der Waals surface area contributed by atoms with E-state index in [0.29, 0.717) is 5.56 Å². The summed E-state index contributed by atoms with van der Waals surface area (Å²) in [6.45, 7) is 0.599. The first kappa shape index (κ1) is 18.5. The van der Waals surface area contributed by atoms with E-state index in [2.05, 4.69) is 0 Å². The lowest BCUT2D eigenvalue weighted by molar-refractivity contribution is -0.384. The van der Waals surface area contributed by atoms with Crippen molar-refractivity contribution in [3.63, 3.8) is 0 Å². The second-order valence-corrected chi connectivity index (χ2v) is 4.76. The number of nitrogens with zero attached hydrogens (tertiary/aromatic N) is 2. The van der Waals surface area contributed by atoms with Gasteiger partial charge in [-0.3, -0.25) is 19.8 Å². The van der Waals surface area contributed by atoms with Crippen LogP contribution in [-0.2, 0) is 14.3 Å². The third-order valence-corrected chi connectivity index (χ3v) is 3.19. The molecule has 1 aromatic carbocycles. The van der Waals surface area contributed by atoms with Crippen LogP contribution < -0.4 is 4.90 Å². The van der Waals surface area contributed by atoms with Gasteiger partial charge in [0.2, 0.25) is 0 Å². The number of aryl methyl sites for hydroxylation is 1. The van der Waals surface area contributed by atoms with E-state index < -0.39 is 41.7 Å². The molecular weight excluding hydrogens is 308 g/mol. The maximum Gasteiger partial charge on any atom is 0.326 e. The number of nitro benzene ring substituents is 1. The molecule has 23 heavy (non-hydrogen) atoms. The molecule has 0 aliphatic carbocycles. The van der Waals surface area contributed by atoms with Gasteiger partial charge in [0, 0.05) is 26.2 Å². The Morgan fingerprint density at radius 1 is 1.43 bits per heavy atom. The fourth-order valence-electron chi connectivity index (χ4n) is 2.24. The summed E-state index contributed by atoms with van der Waals surface area (Å²) in [4.78, 5) is 35.2. The number of para-hydroxylation sites is 1. The number of carboxylic acid groups (broad SMARTS) is 1. The summed E-state index contributed by atoms with van der Waals surface area (Å²) in [7, 11) is 1.25. The van der Waals surface area contributed by atoms with Gasteiger partial charge in [-0.15, -0.1) is 0 Å². The number of nitro groups is 1. The number of aliphatic carboxylic acids is 1. The molecule has 0 unspecified atom stereocenters. The molecule has 9 heteroatoms. The van der Waals surface area contributed by atoms with Crippen molar-refractivity contribution in [3.8, 4) is 0 Å². The minimum Gasteiger partial charge on any atom is -0.480 e. The minimum absolute atomic E-state index is 0.111. The maximum absolute atomic E-state index is 12.3. The van der Waals surface area contributed by atoms with E-state index >= 15 is 0 Å². The predicted octanol–water partition coefficient (Wildman–Crippen LogP) is 0.718. The summed E-state index contributed by atoms with van der Waals surface area (Å²) in [5.74, 6) is -2.12. The number of hydrogen-bond donors (Lipinski definition) is 2. The Bertz CT molecular complexity index is 603. The van der Waals surface area contributed by atoms with E-state index in [-0.39, 0.29) is 12.1 Å². The highest BCUT2D eigenvalue weighted by atomic mass is 16.6. The molecule has 0 aromatic heterocycles. The smallest absolute Gasteiger partial charge is 0.326 e. The number of carboxylic acids is 1. The number of anilines is 1. The number of aliphatic hydroxyl groups excluding tert-OH is 1. The highest BCUT2D eigenvalue weighted by Crippen LogP contribution is 2.33. The van der Waals surface area contributed by atoms with Gasteiger partial charge < -0.3 is 14.9 Å². The fourth-order valence-corrected chi connectivity index (χ4v) is 2.24. The molecule has 0 fully saturated rings. The lowest BCUT2D eigenvalue weighted by atomic mass is 10.1. The standard InChI is InChI=1S/C14H18N2O7/c1-9-4-3-5-10(16(21)22)13(9)15(12(18)8-23-2)11(6-7-17)14(19)20/h3-5,11,17H,6-8H2,1-2H3,(H,19,20)/t11-/m0/s1. The topological polar surface area (TPSA) is 130 Å². The first-order valence-corrected chi connectivity index (χ1v) is 6.73. The van der Waals surface area contributed by atoms with Gasteiger partial charge in [-0.05, 0) is 12.5 Å². The number of benzene rings is 1. The molecule has 1 atom stereocenters. The largest absolute Gasteiger partial charge is 0.480 e. The number of aliphatic hydroxyl groups is 1. The van der Waals surface area contributed by atoms with E-state index in [9.17, 15) is 24.8 Å². The first-order chi connectivity index (χ1) is 10.8. The van der Waals surface area contributed by atoms with Crippen LogP contribution in [0.1, 0.15) is 12.0 Å². The summed E-state index contributed by atoms with van der Waals surface area (Å²) < 4.78 is 4.74. The molecule has 1 aromatic rings. The van der Waals surface area contributed by atoms with Gasteiger partial charge in [-0.2, -0.15) is 0 Å². The van der Waals surface area contributed by atoms with Crippen LogP contribution in [0.2, 0.25) is 0 Å². The number of carbonyl (C=O) groups is 2. The number of amides is 1. The van der Waals surface area contributed by atoms with Crippen molar-refractivity contribution in [1.29, 1.82) is 0 Å². The number of rotatable bonds is 8. The Labute approximate surface area is 132 Å². The van der Waals surface area contributed by atoms with Crippen LogP contribution >= 0.6 is 0 Å². The maximum atomic E-state index is 12.3. The van der Waals surface area contributed by atoms with Crippen molar-refractivity contribution < 1.29 is 29.5 Å². The Hall–Kier alpha value is -2.52. The van der Waals surface area contributed by atoms with Crippen LogP contribution in [0.3, 0.4) is 0 Å². The Kier molecular flexibility index (Phi) is 6.61. The van der Waals surface area contributed by atoms with Gasteiger partial charge in [0.25, 0.3) is 11.6 Å². The first-order valence-electron chi connectivity index (χ1n) is 6.73. The van der Waals surface area contributed by atoms with Crippen molar-refractivity contribution in [2.45, 2.75) is 19.4 Å². The zero-order chi connectivity index (χ0) is 17.6. The molecule has 0 saturated carbocycles. The molecule has 0 bridgehead atoms. The minimum atomic E-state index is -1.44. The van der Waals surface area contributed by atoms with Crippen molar-refractivity contribution in [1.82, 2.24) is 0 Å². The second kappa shape index (κ2) is 8.20. The summed E-state index contributed by atoms with van der Waals surface area (Å²) in [6, 6.07) is 2.72. The van der Waals surface area contributed by atoms with E-state index in [1.807, 2.05) is 0 Å². The molecular formula is C14H18N2O7. The molecule has 0 heterocycles. The molecule has 0 saturated heterocycles. The number of methoxy groups -OCH3 is 1. The van der Waals surface area contributed by atoms with E-state index in [1.165, 1.54) is 32.2 Å². The van der Waals surface area contributed by atoms with Crippen molar-refractivity contribution >= 4 is 23.3 Å². The van der Waals surface area contributed by atoms with E-state index in [4.69, 9.17) is 9.84 Å². The third-order valence-electron chi connectivity index (χ3n) is 3.19. The van der Waals surface area contributed by atoms with Crippen molar-refractivity contribution in [2.24, 2.45) is 0 Å². The van der Waals surface area contributed by atoms with Gasteiger partial charge >= 0.3 is 5.97 Å².